The lowest BCUT2D eigenvalue weighted by atomic mass is 9.95. The van der Waals surface area contributed by atoms with Crippen molar-refractivity contribution in [3.63, 3.8) is 0 Å². The lowest BCUT2D eigenvalue weighted by molar-refractivity contribution is -0.148. The Morgan fingerprint density at radius 1 is 1.52 bits per heavy atom. The molecule has 4 nitrogen and oxygen atoms in total. The average molecular weight is 375 g/mol. The van der Waals surface area contributed by atoms with Crippen LogP contribution in [0.5, 0.6) is 0 Å². The number of aromatic nitrogens is 1. The Morgan fingerprint density at radius 3 is 2.71 bits per heavy atom. The average Bonchev–Trinajstić information content (AvgIpc) is 2.39. The van der Waals surface area contributed by atoms with Crippen molar-refractivity contribution in [1.29, 1.82) is 0 Å². The number of methoxy groups -OCH3 is 1. The zero-order valence-corrected chi connectivity index (χ0v) is 15.5. The summed E-state index contributed by atoms with van der Waals surface area (Å²) in [5.74, 6) is -0.233. The standard InChI is InChI=1S/C15H23BrN2O2S/c1-10(2)18-15(4,14(19)20-5)9-11(3)21-13-12(16)7-6-8-17-13/h6-8,10-11,18H,9H2,1-5H3. The Bertz CT molecular complexity index is 484. The molecule has 2 atom stereocenters. The summed E-state index contributed by atoms with van der Waals surface area (Å²) in [5, 5.41) is 4.46. The van der Waals surface area contributed by atoms with Gasteiger partial charge in [-0.2, -0.15) is 0 Å². The smallest absolute Gasteiger partial charge is 0.325 e. The number of rotatable bonds is 7. The van der Waals surface area contributed by atoms with Crippen molar-refractivity contribution < 1.29 is 9.53 Å². The molecule has 0 aliphatic rings. The van der Waals surface area contributed by atoms with Gasteiger partial charge in [0, 0.05) is 22.0 Å². The van der Waals surface area contributed by atoms with Gasteiger partial charge in [-0.15, -0.1) is 11.8 Å². The van der Waals surface area contributed by atoms with Gasteiger partial charge in [0.15, 0.2) is 0 Å². The second-order valence-electron chi connectivity index (χ2n) is 5.55. The van der Waals surface area contributed by atoms with E-state index >= 15 is 0 Å². The predicted molar refractivity (Wildman–Crippen MR) is 90.6 cm³/mol. The lowest BCUT2D eigenvalue weighted by Gasteiger charge is -2.32. The second-order valence-corrected chi connectivity index (χ2v) is 7.83. The SMILES string of the molecule is COC(=O)C(C)(CC(C)Sc1ncccc1Br)NC(C)C. The van der Waals surface area contributed by atoms with E-state index in [9.17, 15) is 4.79 Å². The predicted octanol–water partition coefficient (Wildman–Crippen LogP) is 3.64. The quantitative estimate of drug-likeness (QED) is 0.583. The van der Waals surface area contributed by atoms with Crippen LogP contribution in [0.4, 0.5) is 0 Å². The Kier molecular flexibility index (Phi) is 7.16. The molecule has 2 unspecified atom stereocenters. The highest BCUT2D eigenvalue weighted by Gasteiger charge is 2.36. The number of hydrogen-bond donors (Lipinski definition) is 1. The summed E-state index contributed by atoms with van der Waals surface area (Å²) in [6.45, 7) is 8.03. The first-order valence-corrected chi connectivity index (χ1v) is 8.59. The molecule has 1 aromatic heterocycles. The van der Waals surface area contributed by atoms with Gasteiger partial charge in [-0.05, 0) is 55.3 Å². The van der Waals surface area contributed by atoms with E-state index in [4.69, 9.17) is 4.74 Å². The molecule has 0 saturated carbocycles. The van der Waals surface area contributed by atoms with Crippen LogP contribution in [0.1, 0.15) is 34.1 Å². The molecule has 0 radical (unpaired) electrons. The van der Waals surface area contributed by atoms with Crippen LogP contribution >= 0.6 is 27.7 Å². The van der Waals surface area contributed by atoms with E-state index in [1.54, 1.807) is 18.0 Å². The van der Waals surface area contributed by atoms with E-state index in [-0.39, 0.29) is 17.3 Å². The van der Waals surface area contributed by atoms with E-state index in [0.29, 0.717) is 6.42 Å². The van der Waals surface area contributed by atoms with Gasteiger partial charge in [0.1, 0.15) is 10.6 Å². The van der Waals surface area contributed by atoms with Crippen molar-refractivity contribution in [3.05, 3.63) is 22.8 Å². The minimum absolute atomic E-state index is 0.202. The van der Waals surface area contributed by atoms with Crippen LogP contribution in [0, 0.1) is 0 Å². The highest BCUT2D eigenvalue weighted by molar-refractivity contribution is 9.10. The summed E-state index contributed by atoms with van der Waals surface area (Å²) in [6.07, 6.45) is 2.43. The van der Waals surface area contributed by atoms with Crippen LogP contribution in [-0.4, -0.2) is 34.9 Å². The summed E-state index contributed by atoms with van der Waals surface area (Å²) in [4.78, 5) is 16.5. The van der Waals surface area contributed by atoms with Crippen LogP contribution in [0.15, 0.2) is 27.8 Å². The van der Waals surface area contributed by atoms with Crippen LogP contribution in [-0.2, 0) is 9.53 Å². The van der Waals surface area contributed by atoms with Gasteiger partial charge in [-0.25, -0.2) is 4.98 Å². The molecule has 0 fully saturated rings. The molecule has 118 valence electrons. The number of carbonyl (C=O) groups is 1. The summed E-state index contributed by atoms with van der Waals surface area (Å²) >= 11 is 5.14. The van der Waals surface area contributed by atoms with Gasteiger partial charge >= 0.3 is 5.97 Å². The van der Waals surface area contributed by atoms with Crippen molar-refractivity contribution in [2.75, 3.05) is 7.11 Å². The van der Waals surface area contributed by atoms with E-state index in [0.717, 1.165) is 9.50 Å². The minimum Gasteiger partial charge on any atom is -0.468 e. The topological polar surface area (TPSA) is 51.2 Å². The van der Waals surface area contributed by atoms with Gasteiger partial charge in [-0.1, -0.05) is 6.92 Å². The van der Waals surface area contributed by atoms with Crippen molar-refractivity contribution in [1.82, 2.24) is 10.3 Å². The number of nitrogens with one attached hydrogen (secondary N) is 1. The molecule has 0 aromatic carbocycles. The Labute approximate surface area is 139 Å². The van der Waals surface area contributed by atoms with E-state index < -0.39 is 5.54 Å². The maximum absolute atomic E-state index is 12.1. The van der Waals surface area contributed by atoms with Crippen molar-refractivity contribution >= 4 is 33.7 Å². The number of thioether (sulfide) groups is 1. The third-order valence-corrected chi connectivity index (χ3v) is 5.00. The summed E-state index contributed by atoms with van der Waals surface area (Å²) in [5.41, 5.74) is -0.698. The number of pyridine rings is 1. The fourth-order valence-electron chi connectivity index (χ4n) is 2.33. The van der Waals surface area contributed by atoms with Gasteiger partial charge in [0.05, 0.1) is 7.11 Å². The number of halogens is 1. The van der Waals surface area contributed by atoms with E-state index in [2.05, 4.69) is 33.2 Å². The summed E-state index contributed by atoms with van der Waals surface area (Å²) in [6, 6.07) is 4.05. The Morgan fingerprint density at radius 2 is 2.19 bits per heavy atom. The van der Waals surface area contributed by atoms with Crippen LogP contribution in [0.3, 0.4) is 0 Å². The monoisotopic (exact) mass is 374 g/mol. The Balaban J connectivity index is 2.79. The van der Waals surface area contributed by atoms with Gasteiger partial charge in [0.2, 0.25) is 0 Å². The number of carbonyl (C=O) groups excluding carboxylic acids is 1. The number of hydrogen-bond acceptors (Lipinski definition) is 5. The zero-order chi connectivity index (χ0) is 16.0. The number of nitrogens with zero attached hydrogens (tertiary/aromatic N) is 1. The second kappa shape index (κ2) is 8.15. The van der Waals surface area contributed by atoms with Gasteiger partial charge in [0.25, 0.3) is 0 Å². The van der Waals surface area contributed by atoms with Crippen molar-refractivity contribution in [3.8, 4) is 0 Å². The van der Waals surface area contributed by atoms with Crippen molar-refractivity contribution in [2.24, 2.45) is 0 Å². The van der Waals surface area contributed by atoms with Crippen LogP contribution in [0.25, 0.3) is 0 Å². The van der Waals surface area contributed by atoms with Gasteiger partial charge < -0.3 is 4.74 Å². The third kappa shape index (κ3) is 5.60. The van der Waals surface area contributed by atoms with E-state index in [1.807, 2.05) is 32.9 Å². The molecule has 1 aromatic rings. The first-order chi connectivity index (χ1) is 9.78. The van der Waals surface area contributed by atoms with E-state index in [1.165, 1.54) is 7.11 Å². The summed E-state index contributed by atoms with van der Waals surface area (Å²) < 4.78 is 5.93. The molecule has 0 saturated heterocycles. The molecule has 6 heteroatoms. The highest BCUT2D eigenvalue weighted by Crippen LogP contribution is 2.32. The molecule has 0 spiro atoms. The van der Waals surface area contributed by atoms with Gasteiger partial charge in [-0.3, -0.25) is 10.1 Å². The zero-order valence-electron chi connectivity index (χ0n) is 13.1. The number of esters is 1. The molecule has 0 aliphatic heterocycles. The summed E-state index contributed by atoms with van der Waals surface area (Å²) in [7, 11) is 1.43. The minimum atomic E-state index is -0.698. The molecule has 1 N–H and O–H groups in total. The molecule has 1 heterocycles. The van der Waals surface area contributed by atoms with Crippen LogP contribution < -0.4 is 5.32 Å². The fourth-order valence-corrected chi connectivity index (χ4v) is 3.96. The highest BCUT2D eigenvalue weighted by atomic mass is 79.9. The first-order valence-electron chi connectivity index (χ1n) is 6.91. The van der Waals surface area contributed by atoms with Crippen molar-refractivity contribution in [2.45, 2.75) is 56.0 Å². The molecule has 0 amide bonds. The van der Waals surface area contributed by atoms with Crippen LogP contribution in [0.2, 0.25) is 0 Å². The number of ether oxygens (including phenoxy) is 1. The maximum atomic E-state index is 12.1. The largest absolute Gasteiger partial charge is 0.468 e. The normalized spacial score (nSPS) is 15.6. The molecular formula is C15H23BrN2O2S. The molecule has 1 rings (SSSR count). The lowest BCUT2D eigenvalue weighted by Crippen LogP contribution is -2.54. The fraction of sp³-hybridized carbons (Fsp3) is 0.600. The molecular weight excluding hydrogens is 352 g/mol. The first kappa shape index (κ1) is 18.5. The molecule has 0 bridgehead atoms. The maximum Gasteiger partial charge on any atom is 0.325 e. The third-order valence-electron chi connectivity index (χ3n) is 2.98. The molecule has 21 heavy (non-hydrogen) atoms. The Hall–Kier alpha value is -0.590. The molecule has 0 aliphatic carbocycles.